The summed E-state index contributed by atoms with van der Waals surface area (Å²) >= 11 is 6.06. The maximum atomic E-state index is 6.06. The van der Waals surface area contributed by atoms with Gasteiger partial charge in [-0.15, -0.1) is 0 Å². The highest BCUT2D eigenvalue weighted by atomic mass is 35.5. The van der Waals surface area contributed by atoms with E-state index < -0.39 is 0 Å². The van der Waals surface area contributed by atoms with Gasteiger partial charge in [0.2, 0.25) is 0 Å². The van der Waals surface area contributed by atoms with Crippen LogP contribution in [0.4, 0.5) is 0 Å². The van der Waals surface area contributed by atoms with Crippen LogP contribution in [0.2, 0.25) is 5.02 Å². The molecular formula is C13H18ClNO2. The zero-order valence-electron chi connectivity index (χ0n) is 10.3. The van der Waals surface area contributed by atoms with Crippen molar-refractivity contribution in [2.24, 2.45) is 5.41 Å². The fourth-order valence-electron chi connectivity index (χ4n) is 1.88. The van der Waals surface area contributed by atoms with Crippen molar-refractivity contribution in [2.75, 3.05) is 26.9 Å². The average molecular weight is 256 g/mol. The second kappa shape index (κ2) is 5.25. The van der Waals surface area contributed by atoms with Gasteiger partial charge in [0.25, 0.3) is 0 Å². The predicted molar refractivity (Wildman–Crippen MR) is 68.6 cm³/mol. The van der Waals surface area contributed by atoms with Gasteiger partial charge in [0.15, 0.2) is 0 Å². The van der Waals surface area contributed by atoms with Crippen LogP contribution in [0.5, 0.6) is 5.75 Å². The van der Waals surface area contributed by atoms with Crippen molar-refractivity contribution in [2.45, 2.75) is 13.5 Å². The van der Waals surface area contributed by atoms with E-state index in [1.807, 2.05) is 18.2 Å². The first-order valence-corrected chi connectivity index (χ1v) is 6.12. The lowest BCUT2D eigenvalue weighted by Crippen LogP contribution is -2.47. The molecule has 1 aliphatic rings. The summed E-state index contributed by atoms with van der Waals surface area (Å²) in [5.41, 5.74) is 1.47. The molecule has 0 radical (unpaired) electrons. The molecular weight excluding hydrogens is 238 g/mol. The number of hydrogen-bond donors (Lipinski definition) is 1. The highest BCUT2D eigenvalue weighted by molar-refractivity contribution is 6.32. The Kier molecular flexibility index (Phi) is 3.92. The molecule has 94 valence electrons. The fraction of sp³-hybridized carbons (Fsp3) is 0.538. The minimum atomic E-state index is 0.302. The molecule has 0 bridgehead atoms. The van der Waals surface area contributed by atoms with E-state index in [1.165, 1.54) is 5.56 Å². The van der Waals surface area contributed by atoms with Gasteiger partial charge in [-0.1, -0.05) is 24.6 Å². The molecule has 0 spiro atoms. The van der Waals surface area contributed by atoms with Gasteiger partial charge in [0.05, 0.1) is 25.3 Å². The SMILES string of the molecule is COc1ccc(CNCC2(C)COC2)cc1Cl. The maximum absolute atomic E-state index is 6.06. The Bertz CT molecular complexity index is 391. The molecule has 1 saturated heterocycles. The second-order valence-corrected chi connectivity index (χ2v) is 5.28. The van der Waals surface area contributed by atoms with E-state index in [1.54, 1.807) is 7.11 Å². The van der Waals surface area contributed by atoms with Gasteiger partial charge in [-0.2, -0.15) is 0 Å². The third kappa shape index (κ3) is 3.12. The molecule has 17 heavy (non-hydrogen) atoms. The largest absolute Gasteiger partial charge is 0.495 e. The fourth-order valence-corrected chi connectivity index (χ4v) is 2.16. The smallest absolute Gasteiger partial charge is 0.137 e. The summed E-state index contributed by atoms with van der Waals surface area (Å²) < 4.78 is 10.3. The molecule has 1 heterocycles. The molecule has 1 fully saturated rings. The molecule has 1 aromatic carbocycles. The molecule has 1 aliphatic heterocycles. The monoisotopic (exact) mass is 255 g/mol. The lowest BCUT2D eigenvalue weighted by Gasteiger charge is -2.38. The Balaban J connectivity index is 1.84. The van der Waals surface area contributed by atoms with E-state index >= 15 is 0 Å². The predicted octanol–water partition coefficient (Wildman–Crippen LogP) is 2.47. The molecule has 4 heteroatoms. The topological polar surface area (TPSA) is 30.5 Å². The summed E-state index contributed by atoms with van der Waals surface area (Å²) in [4.78, 5) is 0. The minimum Gasteiger partial charge on any atom is -0.495 e. The lowest BCUT2D eigenvalue weighted by atomic mass is 9.89. The summed E-state index contributed by atoms with van der Waals surface area (Å²) in [5, 5.41) is 4.09. The summed E-state index contributed by atoms with van der Waals surface area (Å²) in [7, 11) is 1.62. The maximum Gasteiger partial charge on any atom is 0.137 e. The summed E-state index contributed by atoms with van der Waals surface area (Å²) in [6.45, 7) is 5.72. The molecule has 0 saturated carbocycles. The van der Waals surface area contributed by atoms with Crippen LogP contribution in [0.25, 0.3) is 0 Å². The first kappa shape index (κ1) is 12.7. The van der Waals surface area contributed by atoms with Crippen molar-refractivity contribution >= 4 is 11.6 Å². The average Bonchev–Trinajstić information content (AvgIpc) is 2.27. The van der Waals surface area contributed by atoms with Crippen LogP contribution in [-0.4, -0.2) is 26.9 Å². The highest BCUT2D eigenvalue weighted by Crippen LogP contribution is 2.26. The van der Waals surface area contributed by atoms with Crippen molar-refractivity contribution < 1.29 is 9.47 Å². The van der Waals surface area contributed by atoms with E-state index in [9.17, 15) is 0 Å². The van der Waals surface area contributed by atoms with Crippen LogP contribution in [0.15, 0.2) is 18.2 Å². The normalized spacial score (nSPS) is 17.6. The Labute approximate surface area is 107 Å². The molecule has 1 N–H and O–H groups in total. The van der Waals surface area contributed by atoms with Gasteiger partial charge >= 0.3 is 0 Å². The van der Waals surface area contributed by atoms with Crippen LogP contribution in [0.3, 0.4) is 0 Å². The number of rotatable bonds is 5. The molecule has 0 amide bonds. The molecule has 2 rings (SSSR count). The summed E-state index contributed by atoms with van der Waals surface area (Å²) in [5.74, 6) is 0.717. The van der Waals surface area contributed by atoms with E-state index in [0.717, 1.165) is 32.1 Å². The first-order valence-electron chi connectivity index (χ1n) is 5.74. The lowest BCUT2D eigenvalue weighted by molar-refractivity contribution is -0.0991. The van der Waals surface area contributed by atoms with Gasteiger partial charge in [-0.3, -0.25) is 0 Å². The molecule has 0 unspecified atom stereocenters. The van der Waals surface area contributed by atoms with Crippen molar-refractivity contribution in [3.63, 3.8) is 0 Å². The van der Waals surface area contributed by atoms with Crippen LogP contribution >= 0.6 is 11.6 Å². The van der Waals surface area contributed by atoms with Crippen molar-refractivity contribution in [1.82, 2.24) is 5.32 Å². The quantitative estimate of drug-likeness (QED) is 0.877. The number of nitrogens with one attached hydrogen (secondary N) is 1. The molecule has 0 aliphatic carbocycles. The molecule has 0 aromatic heterocycles. The number of methoxy groups -OCH3 is 1. The van der Waals surface area contributed by atoms with Crippen molar-refractivity contribution in [3.05, 3.63) is 28.8 Å². The number of ether oxygens (including phenoxy) is 2. The summed E-state index contributed by atoms with van der Waals surface area (Å²) in [6.07, 6.45) is 0. The molecule has 0 atom stereocenters. The number of halogens is 1. The Hall–Kier alpha value is -0.770. The van der Waals surface area contributed by atoms with E-state index in [-0.39, 0.29) is 0 Å². The van der Waals surface area contributed by atoms with Gasteiger partial charge in [0, 0.05) is 18.5 Å². The summed E-state index contributed by atoms with van der Waals surface area (Å²) in [6, 6.07) is 5.86. The van der Waals surface area contributed by atoms with Crippen LogP contribution in [-0.2, 0) is 11.3 Å². The van der Waals surface area contributed by atoms with Gasteiger partial charge in [0.1, 0.15) is 5.75 Å². The van der Waals surface area contributed by atoms with Crippen LogP contribution < -0.4 is 10.1 Å². The molecule has 1 aromatic rings. The van der Waals surface area contributed by atoms with Gasteiger partial charge in [-0.25, -0.2) is 0 Å². The van der Waals surface area contributed by atoms with E-state index in [2.05, 4.69) is 12.2 Å². The zero-order chi connectivity index (χ0) is 12.3. The van der Waals surface area contributed by atoms with Crippen LogP contribution in [0, 0.1) is 5.41 Å². The standard InChI is InChI=1S/C13H18ClNO2/c1-13(8-17-9-13)7-15-6-10-3-4-12(16-2)11(14)5-10/h3-5,15H,6-9H2,1-2H3. The van der Waals surface area contributed by atoms with Crippen LogP contribution in [0.1, 0.15) is 12.5 Å². The first-order chi connectivity index (χ1) is 8.13. The van der Waals surface area contributed by atoms with E-state index in [4.69, 9.17) is 21.1 Å². The Morgan fingerprint density at radius 3 is 2.76 bits per heavy atom. The number of hydrogen-bond acceptors (Lipinski definition) is 3. The highest BCUT2D eigenvalue weighted by Gasteiger charge is 2.32. The van der Waals surface area contributed by atoms with E-state index in [0.29, 0.717) is 10.4 Å². The zero-order valence-corrected chi connectivity index (χ0v) is 11.0. The van der Waals surface area contributed by atoms with Gasteiger partial charge < -0.3 is 14.8 Å². The third-order valence-corrected chi connectivity index (χ3v) is 3.29. The number of benzene rings is 1. The second-order valence-electron chi connectivity index (χ2n) is 4.88. The van der Waals surface area contributed by atoms with Gasteiger partial charge in [-0.05, 0) is 17.7 Å². The molecule has 3 nitrogen and oxygen atoms in total. The van der Waals surface area contributed by atoms with Crippen molar-refractivity contribution in [3.8, 4) is 5.75 Å². The van der Waals surface area contributed by atoms with Crippen molar-refractivity contribution in [1.29, 1.82) is 0 Å². The minimum absolute atomic E-state index is 0.302. The Morgan fingerprint density at radius 1 is 1.47 bits per heavy atom. The third-order valence-electron chi connectivity index (χ3n) is 3.00. The Morgan fingerprint density at radius 2 is 2.24 bits per heavy atom.